The molecule has 0 aliphatic rings. The maximum atomic E-state index is 5.25. The number of hydrazine groups is 1. The highest BCUT2D eigenvalue weighted by Gasteiger charge is 1.80. The zero-order valence-corrected chi connectivity index (χ0v) is 6.35. The number of hydrogen-bond acceptors (Lipinski definition) is 2. The fraction of sp³-hybridized carbons (Fsp3) is 0.200. The van der Waals surface area contributed by atoms with Gasteiger partial charge >= 0.3 is 0 Å². The Bertz CT molecular complexity index is 107. The molecule has 0 aliphatic carbocycles. The number of nitrogens with zero attached hydrogens (tertiary/aromatic N) is 1. The van der Waals surface area contributed by atoms with Crippen LogP contribution in [-0.4, -0.2) is 12.1 Å². The second kappa shape index (κ2) is 3.69. The first kappa shape index (κ1) is 7.72. The van der Waals surface area contributed by atoms with E-state index in [4.69, 9.17) is 5.84 Å². The van der Waals surface area contributed by atoms with Crippen molar-refractivity contribution in [1.82, 2.24) is 5.01 Å². The molecular weight excluding hydrogens is 168 g/mol. The normalized spacial score (nSPS) is 11.1. The number of nitrogens with two attached hydrogens (primary N) is 1. The standard InChI is InChI=1S/C5H9BrN2/c1-3-5(6)4-8(2)7/h3-4H,1,7H2,2H3/b5-4+. The molecule has 0 saturated carbocycles. The third-order valence-corrected chi connectivity index (χ3v) is 1.05. The van der Waals surface area contributed by atoms with Crippen molar-refractivity contribution in [2.45, 2.75) is 0 Å². The number of halogens is 1. The first-order chi connectivity index (χ1) is 3.66. The molecule has 0 atom stereocenters. The average Bonchev–Trinajstić information content (AvgIpc) is 1.65. The van der Waals surface area contributed by atoms with E-state index in [2.05, 4.69) is 22.5 Å². The Morgan fingerprint density at radius 1 is 1.88 bits per heavy atom. The summed E-state index contributed by atoms with van der Waals surface area (Å²) in [6.45, 7) is 3.52. The van der Waals surface area contributed by atoms with E-state index >= 15 is 0 Å². The van der Waals surface area contributed by atoms with E-state index in [9.17, 15) is 0 Å². The summed E-state index contributed by atoms with van der Waals surface area (Å²) < 4.78 is 0.877. The van der Waals surface area contributed by atoms with Crippen LogP contribution in [0.1, 0.15) is 0 Å². The van der Waals surface area contributed by atoms with Crippen LogP contribution in [0.5, 0.6) is 0 Å². The highest BCUT2D eigenvalue weighted by atomic mass is 79.9. The van der Waals surface area contributed by atoms with Gasteiger partial charge in [0.15, 0.2) is 0 Å². The average molecular weight is 177 g/mol. The van der Waals surface area contributed by atoms with Crippen LogP contribution in [0.4, 0.5) is 0 Å². The van der Waals surface area contributed by atoms with Crippen LogP contribution in [0.3, 0.4) is 0 Å². The van der Waals surface area contributed by atoms with Crippen molar-refractivity contribution in [3.05, 3.63) is 23.3 Å². The Morgan fingerprint density at radius 2 is 2.38 bits per heavy atom. The summed E-state index contributed by atoms with van der Waals surface area (Å²) in [4.78, 5) is 0. The second-order valence-electron chi connectivity index (χ2n) is 1.38. The van der Waals surface area contributed by atoms with Crippen molar-refractivity contribution in [3.8, 4) is 0 Å². The monoisotopic (exact) mass is 176 g/mol. The van der Waals surface area contributed by atoms with Gasteiger partial charge in [0, 0.05) is 17.7 Å². The van der Waals surface area contributed by atoms with E-state index in [0.29, 0.717) is 0 Å². The fourth-order valence-electron chi connectivity index (χ4n) is 0.247. The van der Waals surface area contributed by atoms with Crippen LogP contribution < -0.4 is 5.84 Å². The van der Waals surface area contributed by atoms with Crippen LogP contribution in [0.25, 0.3) is 0 Å². The molecule has 2 N–H and O–H groups in total. The van der Waals surface area contributed by atoms with Gasteiger partial charge in [0.25, 0.3) is 0 Å². The largest absolute Gasteiger partial charge is 0.320 e. The molecule has 46 valence electrons. The van der Waals surface area contributed by atoms with Gasteiger partial charge in [0.2, 0.25) is 0 Å². The Morgan fingerprint density at radius 3 is 2.50 bits per heavy atom. The summed E-state index contributed by atoms with van der Waals surface area (Å²) in [6.07, 6.45) is 3.39. The molecule has 3 heteroatoms. The SMILES string of the molecule is C=C/C(Br)=C\N(C)N. The lowest BCUT2D eigenvalue weighted by Crippen LogP contribution is -2.18. The molecule has 0 amide bonds. The molecular formula is C5H9BrN2. The van der Waals surface area contributed by atoms with Crippen LogP contribution in [0.2, 0.25) is 0 Å². The molecule has 0 fully saturated rings. The Balaban J connectivity index is 3.74. The zero-order valence-electron chi connectivity index (χ0n) is 4.76. The van der Waals surface area contributed by atoms with Gasteiger partial charge in [-0.3, -0.25) is 0 Å². The first-order valence-corrected chi connectivity index (χ1v) is 2.93. The van der Waals surface area contributed by atoms with E-state index in [1.165, 1.54) is 5.01 Å². The number of hydrogen-bond donors (Lipinski definition) is 1. The maximum Gasteiger partial charge on any atom is 0.0342 e. The molecule has 0 saturated heterocycles. The van der Waals surface area contributed by atoms with Gasteiger partial charge < -0.3 is 5.01 Å². The van der Waals surface area contributed by atoms with Gasteiger partial charge in [0.05, 0.1) is 0 Å². The van der Waals surface area contributed by atoms with Gasteiger partial charge in [0.1, 0.15) is 0 Å². The Kier molecular flexibility index (Phi) is 3.56. The number of rotatable bonds is 2. The van der Waals surface area contributed by atoms with Gasteiger partial charge in [-0.25, -0.2) is 5.84 Å². The first-order valence-electron chi connectivity index (χ1n) is 2.14. The smallest absolute Gasteiger partial charge is 0.0342 e. The van der Waals surface area contributed by atoms with E-state index < -0.39 is 0 Å². The van der Waals surface area contributed by atoms with Gasteiger partial charge in [-0.05, 0) is 15.9 Å². The predicted octanol–water partition coefficient (Wildman–Crippen LogP) is 1.21. The maximum absolute atomic E-state index is 5.25. The molecule has 0 unspecified atom stereocenters. The van der Waals surface area contributed by atoms with E-state index in [0.717, 1.165) is 4.48 Å². The van der Waals surface area contributed by atoms with Crippen molar-refractivity contribution in [2.75, 3.05) is 7.05 Å². The van der Waals surface area contributed by atoms with Crippen LogP contribution in [-0.2, 0) is 0 Å². The minimum atomic E-state index is 0.877. The van der Waals surface area contributed by atoms with Crippen molar-refractivity contribution in [1.29, 1.82) is 0 Å². The summed E-state index contributed by atoms with van der Waals surface area (Å²) >= 11 is 3.20. The minimum Gasteiger partial charge on any atom is -0.320 e. The summed E-state index contributed by atoms with van der Waals surface area (Å²) in [7, 11) is 1.74. The molecule has 0 rings (SSSR count). The van der Waals surface area contributed by atoms with Gasteiger partial charge in [-0.1, -0.05) is 12.7 Å². The summed E-state index contributed by atoms with van der Waals surface area (Å²) in [5.41, 5.74) is 0. The second-order valence-corrected chi connectivity index (χ2v) is 2.30. The van der Waals surface area contributed by atoms with Gasteiger partial charge in [-0.2, -0.15) is 0 Å². The topological polar surface area (TPSA) is 29.3 Å². The third-order valence-electron chi connectivity index (χ3n) is 0.522. The molecule has 2 nitrogen and oxygen atoms in total. The van der Waals surface area contributed by atoms with Crippen molar-refractivity contribution in [2.24, 2.45) is 5.84 Å². The summed E-state index contributed by atoms with van der Waals surface area (Å²) in [5, 5.41) is 1.45. The minimum absolute atomic E-state index is 0.877. The number of allylic oxidation sites excluding steroid dienone is 2. The lowest BCUT2D eigenvalue weighted by atomic mass is 10.6. The molecule has 0 aliphatic heterocycles. The lowest BCUT2D eigenvalue weighted by molar-refractivity contribution is 0.484. The highest BCUT2D eigenvalue weighted by molar-refractivity contribution is 9.11. The molecule has 0 aromatic carbocycles. The molecule has 0 aromatic heterocycles. The van der Waals surface area contributed by atoms with Crippen LogP contribution in [0.15, 0.2) is 23.3 Å². The Labute approximate surface area is 57.8 Å². The predicted molar refractivity (Wildman–Crippen MR) is 39.2 cm³/mol. The van der Waals surface area contributed by atoms with Crippen LogP contribution >= 0.6 is 15.9 Å². The molecule has 0 spiro atoms. The quantitative estimate of drug-likeness (QED) is 0.390. The fourth-order valence-corrected chi connectivity index (χ4v) is 0.570. The molecule has 0 radical (unpaired) electrons. The van der Waals surface area contributed by atoms with E-state index in [-0.39, 0.29) is 0 Å². The highest BCUT2D eigenvalue weighted by Crippen LogP contribution is 2.03. The molecule has 0 aromatic rings. The Hall–Kier alpha value is -0.280. The van der Waals surface area contributed by atoms with Gasteiger partial charge in [-0.15, -0.1) is 0 Å². The van der Waals surface area contributed by atoms with Crippen molar-refractivity contribution in [3.63, 3.8) is 0 Å². The zero-order chi connectivity index (χ0) is 6.57. The van der Waals surface area contributed by atoms with E-state index in [1.54, 1.807) is 19.3 Å². The lowest BCUT2D eigenvalue weighted by Gasteiger charge is -2.02. The van der Waals surface area contributed by atoms with Crippen LogP contribution in [0, 0.1) is 0 Å². The van der Waals surface area contributed by atoms with Crippen molar-refractivity contribution >= 4 is 15.9 Å². The van der Waals surface area contributed by atoms with Crippen molar-refractivity contribution < 1.29 is 0 Å². The third kappa shape index (κ3) is 3.89. The summed E-state index contributed by atoms with van der Waals surface area (Å²) in [6, 6.07) is 0. The summed E-state index contributed by atoms with van der Waals surface area (Å²) in [5.74, 6) is 5.25. The molecule has 0 heterocycles. The van der Waals surface area contributed by atoms with E-state index in [1.807, 2.05) is 0 Å². The molecule has 0 bridgehead atoms. The molecule has 8 heavy (non-hydrogen) atoms.